The molecule has 0 unspecified atom stereocenters. The number of nitrogens with one attached hydrogen (secondary N) is 1. The zero-order chi connectivity index (χ0) is 40.5. The van der Waals surface area contributed by atoms with Crippen LogP contribution in [0.5, 0.6) is 0 Å². The van der Waals surface area contributed by atoms with Gasteiger partial charge in [0.2, 0.25) is 0 Å². The number of hydrogen-bond acceptors (Lipinski definition) is 25. The summed E-state index contributed by atoms with van der Waals surface area (Å²) < 4.78 is 44.2. The number of aliphatic hydroxyl groups excluding tert-OH is 16. The van der Waals surface area contributed by atoms with Crippen LogP contribution in [-0.2, 0) is 37.9 Å². The van der Waals surface area contributed by atoms with Gasteiger partial charge in [0.1, 0.15) is 110 Å². The Balaban J connectivity index is 1.22. The highest BCUT2D eigenvalue weighted by Gasteiger charge is 2.55. The lowest BCUT2D eigenvalue weighted by Gasteiger charge is -2.49. The van der Waals surface area contributed by atoms with Crippen molar-refractivity contribution in [2.24, 2.45) is 0 Å². The molecule has 0 amide bonds. The van der Waals surface area contributed by atoms with Crippen LogP contribution in [-0.4, -0.2) is 268 Å². The van der Waals surface area contributed by atoms with E-state index in [1.165, 1.54) is 0 Å². The average molecular weight is 812 g/mol. The van der Waals surface area contributed by atoms with Crippen molar-refractivity contribution >= 4 is 0 Å². The van der Waals surface area contributed by atoms with Gasteiger partial charge in [-0.1, -0.05) is 0 Å². The Morgan fingerprint density at radius 1 is 0.345 bits per heavy atom. The van der Waals surface area contributed by atoms with E-state index in [1.54, 1.807) is 0 Å². The summed E-state index contributed by atoms with van der Waals surface area (Å²) in [6.07, 6.45) is -42.4. The number of ether oxygens (including phenoxy) is 8. The molecule has 5 fully saturated rings. The molecular weight excluding hydrogens is 758 g/mol. The molecule has 25 nitrogen and oxygen atoms in total. The van der Waals surface area contributed by atoms with Crippen LogP contribution < -0.4 is 5.32 Å². The second kappa shape index (κ2) is 19.4. The lowest BCUT2D eigenvalue weighted by molar-refractivity contribution is -0.390. The number of rotatable bonds is 12. The van der Waals surface area contributed by atoms with Crippen LogP contribution >= 0.6 is 0 Å². The lowest BCUT2D eigenvalue weighted by Crippen LogP contribution is -2.67. The third-order valence-electron chi connectivity index (χ3n) is 10.3. The molecule has 5 aliphatic rings. The van der Waals surface area contributed by atoms with Gasteiger partial charge in [0, 0.05) is 13.1 Å². The van der Waals surface area contributed by atoms with E-state index in [1.807, 2.05) is 0 Å². The van der Waals surface area contributed by atoms with Crippen LogP contribution in [0.25, 0.3) is 0 Å². The molecule has 5 rings (SSSR count). The van der Waals surface area contributed by atoms with Crippen molar-refractivity contribution in [1.29, 1.82) is 0 Å². The summed E-state index contributed by atoms with van der Waals surface area (Å²) in [5.41, 5.74) is 0. The van der Waals surface area contributed by atoms with Crippen molar-refractivity contribution in [3.05, 3.63) is 0 Å². The minimum absolute atomic E-state index is 0.0936. The van der Waals surface area contributed by atoms with E-state index in [0.717, 1.165) is 0 Å². The molecule has 17 N–H and O–H groups in total. The fraction of sp³-hybridized carbons (Fsp3) is 1.00. The van der Waals surface area contributed by atoms with Gasteiger partial charge >= 0.3 is 0 Å². The monoisotopic (exact) mass is 811 g/mol. The van der Waals surface area contributed by atoms with E-state index in [4.69, 9.17) is 37.9 Å². The molecule has 0 saturated carbocycles. The van der Waals surface area contributed by atoms with Crippen molar-refractivity contribution in [1.82, 2.24) is 5.32 Å². The maximum atomic E-state index is 11.1. The largest absolute Gasteiger partial charge is 0.394 e. The topological polar surface area (TPSA) is 410 Å². The Morgan fingerprint density at radius 2 is 0.655 bits per heavy atom. The molecule has 25 heteroatoms. The average Bonchev–Trinajstić information content (AvgIpc) is 3.29. The number of β-amino-alcohol motifs (C(OH)–C–C–N with tert-alkyl or cyclic N) is 2. The van der Waals surface area contributed by atoms with E-state index in [0.29, 0.717) is 0 Å². The summed E-state index contributed by atoms with van der Waals surface area (Å²) in [5.74, 6) is 0. The number of hydrogen-bond donors (Lipinski definition) is 17. The standard InChI is InChI=1S/C30H53NO24/c32-3-9-14(39)15(40)19(44)27(48-9)53-24-11(5-34)50-29(21(46)17(24)42)55-26-12(6-35)51-30(22(47)18(26)43)54-25-10(4-33)49-28(20(45)16(25)41)52-23-8(37)2-31-1-7(36)13(23)38/h7-47H,1-6H2/t7-,8+,9+,10+,11+,12+,13+,14+,15-,16+,17+,18+,19+,20+,21+,22+,23+,24+,25+,26+,27+,28+,29+,30+/m0/s1. The van der Waals surface area contributed by atoms with Gasteiger partial charge in [-0.05, 0) is 0 Å². The van der Waals surface area contributed by atoms with Gasteiger partial charge in [-0.25, -0.2) is 0 Å². The Morgan fingerprint density at radius 3 is 1.02 bits per heavy atom. The first-order chi connectivity index (χ1) is 26.1. The first-order valence-corrected chi connectivity index (χ1v) is 17.6. The third kappa shape index (κ3) is 9.42. The minimum atomic E-state index is -2.09. The SMILES string of the molecule is OC[C@H]1O[C@H](O[C@H]2[C@H](O)[C@@H](O)[C@@H](O[C@H]3[C@H](O)[C@@H](O)[C@@H](O[C@H]4[C@H](O)[C@@H](O)[C@@H](O[C@H]5[C@H](O)[C@@H](O)CNC[C@H]5O)O[C@@H]4CO)O[C@@H]3CO)O[C@@H]2CO)[C@H](O)[C@@H](O)[C@@H]1O. The fourth-order valence-electron chi connectivity index (χ4n) is 7.03. The van der Waals surface area contributed by atoms with Crippen LogP contribution in [0.3, 0.4) is 0 Å². The van der Waals surface area contributed by atoms with Crippen molar-refractivity contribution < 1.29 is 120 Å². The summed E-state index contributed by atoms with van der Waals surface area (Å²) in [4.78, 5) is 0. The van der Waals surface area contributed by atoms with Crippen molar-refractivity contribution in [2.45, 2.75) is 147 Å². The van der Waals surface area contributed by atoms with Gasteiger partial charge in [-0.15, -0.1) is 0 Å². The highest BCUT2D eigenvalue weighted by Crippen LogP contribution is 2.35. The van der Waals surface area contributed by atoms with Gasteiger partial charge in [0.05, 0.1) is 38.6 Å². The molecule has 0 aromatic heterocycles. The molecule has 0 bridgehead atoms. The molecule has 0 spiro atoms. The van der Waals surface area contributed by atoms with Crippen molar-refractivity contribution in [3.63, 3.8) is 0 Å². The predicted octanol–water partition coefficient (Wildman–Crippen LogP) is -11.7. The summed E-state index contributed by atoms with van der Waals surface area (Å²) in [6.45, 7) is -3.80. The van der Waals surface area contributed by atoms with Crippen LogP contribution in [0.15, 0.2) is 0 Å². The van der Waals surface area contributed by atoms with Gasteiger partial charge < -0.3 is 125 Å². The van der Waals surface area contributed by atoms with Crippen LogP contribution in [0.4, 0.5) is 0 Å². The zero-order valence-electron chi connectivity index (χ0n) is 29.0. The van der Waals surface area contributed by atoms with Crippen LogP contribution in [0, 0.1) is 0 Å². The lowest BCUT2D eigenvalue weighted by atomic mass is 9.95. The first kappa shape index (κ1) is 45.1. The Hall–Kier alpha value is -1.00. The molecule has 322 valence electrons. The van der Waals surface area contributed by atoms with Crippen LogP contribution in [0.1, 0.15) is 0 Å². The van der Waals surface area contributed by atoms with E-state index in [-0.39, 0.29) is 13.1 Å². The zero-order valence-corrected chi connectivity index (χ0v) is 29.0. The molecule has 24 atom stereocenters. The van der Waals surface area contributed by atoms with E-state index < -0.39 is 174 Å². The maximum absolute atomic E-state index is 11.1. The van der Waals surface area contributed by atoms with Gasteiger partial charge in [-0.2, -0.15) is 0 Å². The van der Waals surface area contributed by atoms with Crippen molar-refractivity contribution in [3.8, 4) is 0 Å². The van der Waals surface area contributed by atoms with Gasteiger partial charge in [0.25, 0.3) is 0 Å². The molecule has 5 aliphatic heterocycles. The fourth-order valence-corrected chi connectivity index (χ4v) is 7.03. The molecule has 0 radical (unpaired) electrons. The number of aliphatic hydroxyl groups is 16. The summed E-state index contributed by atoms with van der Waals surface area (Å²) in [5, 5.41) is 169. The molecular formula is C30H53NO24. The minimum Gasteiger partial charge on any atom is -0.394 e. The first-order valence-electron chi connectivity index (χ1n) is 17.6. The second-order valence-electron chi connectivity index (χ2n) is 14.0. The van der Waals surface area contributed by atoms with Crippen molar-refractivity contribution in [2.75, 3.05) is 39.5 Å². The molecule has 0 aromatic rings. The highest BCUT2D eigenvalue weighted by molar-refractivity contribution is 4.98. The Labute approximate surface area is 311 Å². The molecule has 0 aliphatic carbocycles. The molecule has 55 heavy (non-hydrogen) atoms. The maximum Gasteiger partial charge on any atom is 0.187 e. The molecule has 5 heterocycles. The third-order valence-corrected chi connectivity index (χ3v) is 10.3. The van der Waals surface area contributed by atoms with Crippen LogP contribution in [0.2, 0.25) is 0 Å². The molecule has 5 saturated heterocycles. The van der Waals surface area contributed by atoms with E-state index >= 15 is 0 Å². The quantitative estimate of drug-likeness (QED) is 0.0870. The summed E-state index contributed by atoms with van der Waals surface area (Å²) in [7, 11) is 0. The Bertz CT molecular complexity index is 1170. The Kier molecular flexibility index (Phi) is 15.9. The summed E-state index contributed by atoms with van der Waals surface area (Å²) >= 11 is 0. The summed E-state index contributed by atoms with van der Waals surface area (Å²) in [6, 6.07) is 0. The van der Waals surface area contributed by atoms with Gasteiger partial charge in [0.15, 0.2) is 25.2 Å². The molecule has 0 aromatic carbocycles. The predicted molar refractivity (Wildman–Crippen MR) is 167 cm³/mol. The smallest absolute Gasteiger partial charge is 0.187 e. The van der Waals surface area contributed by atoms with E-state index in [2.05, 4.69) is 5.32 Å². The van der Waals surface area contributed by atoms with Gasteiger partial charge in [-0.3, -0.25) is 0 Å². The highest BCUT2D eigenvalue weighted by atomic mass is 16.8. The second-order valence-corrected chi connectivity index (χ2v) is 14.0. The normalized spacial score (nSPS) is 52.8. The van der Waals surface area contributed by atoms with E-state index in [9.17, 15) is 81.7 Å².